The van der Waals surface area contributed by atoms with Crippen LogP contribution in [0.5, 0.6) is 0 Å². The number of aliphatic imine (C=N–C) groups is 1. The highest BCUT2D eigenvalue weighted by molar-refractivity contribution is 5.95. The topological polar surface area (TPSA) is 49.7 Å². The fraction of sp³-hybridized carbons (Fsp3) is 0.200. The predicted octanol–water partition coefficient (Wildman–Crippen LogP) is 2.50. The summed E-state index contributed by atoms with van der Waals surface area (Å²) in [5, 5.41) is 8.81. The van der Waals surface area contributed by atoms with Crippen molar-refractivity contribution in [2.45, 2.75) is 13.8 Å². The van der Waals surface area contributed by atoms with Crippen LogP contribution in [0.15, 0.2) is 29.3 Å². The Morgan fingerprint density at radius 1 is 1.31 bits per heavy atom. The highest BCUT2D eigenvalue weighted by Crippen LogP contribution is 2.18. The molecule has 0 saturated carbocycles. The molecule has 0 fully saturated rings. The number of rotatable bonds is 2. The van der Waals surface area contributed by atoms with Crippen LogP contribution in [-0.2, 0) is 0 Å². The minimum atomic E-state index is -0.944. The molecule has 0 aromatic heterocycles. The summed E-state index contributed by atoms with van der Waals surface area (Å²) in [7, 11) is 0. The van der Waals surface area contributed by atoms with Gasteiger partial charge >= 0.3 is 5.97 Å². The molecular formula is C10H11NO2. The minimum absolute atomic E-state index is 0.240. The Morgan fingerprint density at radius 3 is 2.46 bits per heavy atom. The van der Waals surface area contributed by atoms with Crippen molar-refractivity contribution in [1.29, 1.82) is 0 Å². The van der Waals surface area contributed by atoms with E-state index in [-0.39, 0.29) is 5.56 Å². The molecule has 13 heavy (non-hydrogen) atoms. The lowest BCUT2D eigenvalue weighted by Crippen LogP contribution is -1.96. The van der Waals surface area contributed by atoms with Crippen molar-refractivity contribution < 1.29 is 9.90 Å². The number of aromatic carboxylic acids is 1. The zero-order valence-corrected chi connectivity index (χ0v) is 7.61. The molecule has 1 N–H and O–H groups in total. The fourth-order valence-corrected chi connectivity index (χ4v) is 0.993. The van der Waals surface area contributed by atoms with Gasteiger partial charge in [0.2, 0.25) is 0 Å². The molecule has 0 spiro atoms. The zero-order chi connectivity index (χ0) is 9.84. The van der Waals surface area contributed by atoms with Crippen molar-refractivity contribution in [1.82, 2.24) is 0 Å². The maximum absolute atomic E-state index is 10.7. The van der Waals surface area contributed by atoms with Gasteiger partial charge in [0.15, 0.2) is 0 Å². The van der Waals surface area contributed by atoms with Crippen molar-refractivity contribution in [2.75, 3.05) is 0 Å². The van der Waals surface area contributed by atoms with Gasteiger partial charge in [-0.05, 0) is 26.0 Å². The third-order valence-corrected chi connectivity index (χ3v) is 1.48. The third-order valence-electron chi connectivity index (χ3n) is 1.48. The first-order valence-corrected chi connectivity index (χ1v) is 3.95. The Labute approximate surface area is 76.7 Å². The first-order chi connectivity index (χ1) is 6.11. The average Bonchev–Trinajstić information content (AvgIpc) is 2.03. The Bertz CT molecular complexity index is 352. The quantitative estimate of drug-likeness (QED) is 0.705. The zero-order valence-electron chi connectivity index (χ0n) is 7.61. The van der Waals surface area contributed by atoms with Gasteiger partial charge in [-0.25, -0.2) is 4.79 Å². The van der Waals surface area contributed by atoms with Crippen LogP contribution in [0.2, 0.25) is 0 Å². The molecule has 0 aliphatic carbocycles. The summed E-state index contributed by atoms with van der Waals surface area (Å²) in [6.45, 7) is 3.66. The monoisotopic (exact) mass is 177 g/mol. The van der Waals surface area contributed by atoms with Crippen LogP contribution in [0.4, 0.5) is 5.69 Å². The average molecular weight is 177 g/mol. The Kier molecular flexibility index (Phi) is 2.80. The van der Waals surface area contributed by atoms with Crippen LogP contribution in [0, 0.1) is 0 Å². The molecule has 0 amide bonds. The van der Waals surface area contributed by atoms with E-state index >= 15 is 0 Å². The molecule has 0 unspecified atom stereocenters. The fourth-order valence-electron chi connectivity index (χ4n) is 0.993. The molecule has 0 aliphatic heterocycles. The summed E-state index contributed by atoms with van der Waals surface area (Å²) in [5.41, 5.74) is 1.59. The van der Waals surface area contributed by atoms with Crippen molar-refractivity contribution in [3.05, 3.63) is 29.8 Å². The van der Waals surface area contributed by atoms with Crippen LogP contribution in [0.1, 0.15) is 24.2 Å². The smallest absolute Gasteiger partial charge is 0.337 e. The first-order valence-electron chi connectivity index (χ1n) is 3.95. The van der Waals surface area contributed by atoms with E-state index in [0.717, 1.165) is 5.71 Å². The highest BCUT2D eigenvalue weighted by Gasteiger charge is 2.06. The van der Waals surface area contributed by atoms with E-state index in [2.05, 4.69) is 4.99 Å². The van der Waals surface area contributed by atoms with Gasteiger partial charge < -0.3 is 5.11 Å². The Hall–Kier alpha value is -1.64. The third kappa shape index (κ3) is 2.40. The second kappa shape index (κ2) is 3.85. The van der Waals surface area contributed by atoms with Gasteiger partial charge in [0, 0.05) is 5.71 Å². The SMILES string of the molecule is CC(C)=Nc1ccccc1C(=O)O. The molecule has 1 aromatic carbocycles. The second-order valence-corrected chi connectivity index (χ2v) is 2.88. The second-order valence-electron chi connectivity index (χ2n) is 2.88. The molecule has 3 heteroatoms. The maximum atomic E-state index is 10.7. The van der Waals surface area contributed by atoms with Gasteiger partial charge in [-0.3, -0.25) is 4.99 Å². The normalized spacial score (nSPS) is 9.38. The van der Waals surface area contributed by atoms with E-state index in [9.17, 15) is 4.79 Å². The highest BCUT2D eigenvalue weighted by atomic mass is 16.4. The van der Waals surface area contributed by atoms with E-state index in [1.54, 1.807) is 24.3 Å². The van der Waals surface area contributed by atoms with E-state index in [1.165, 1.54) is 0 Å². The lowest BCUT2D eigenvalue weighted by atomic mass is 10.2. The summed E-state index contributed by atoms with van der Waals surface area (Å²) in [4.78, 5) is 14.9. The van der Waals surface area contributed by atoms with Crippen LogP contribution in [0.25, 0.3) is 0 Å². The van der Waals surface area contributed by atoms with E-state index in [0.29, 0.717) is 5.69 Å². The lowest BCUT2D eigenvalue weighted by molar-refractivity contribution is 0.0698. The Balaban J connectivity index is 3.20. The van der Waals surface area contributed by atoms with Crippen LogP contribution in [0.3, 0.4) is 0 Å². The van der Waals surface area contributed by atoms with Gasteiger partial charge in [-0.1, -0.05) is 12.1 Å². The van der Waals surface area contributed by atoms with Gasteiger partial charge in [-0.2, -0.15) is 0 Å². The van der Waals surface area contributed by atoms with Gasteiger partial charge in [0.1, 0.15) is 0 Å². The number of nitrogens with zero attached hydrogens (tertiary/aromatic N) is 1. The molecule has 0 bridgehead atoms. The predicted molar refractivity (Wildman–Crippen MR) is 51.8 cm³/mol. The van der Waals surface area contributed by atoms with E-state index in [1.807, 2.05) is 13.8 Å². The lowest BCUT2D eigenvalue weighted by Gasteiger charge is -1.99. The molecule has 1 aromatic rings. The standard InChI is InChI=1S/C10H11NO2/c1-7(2)11-9-6-4-3-5-8(9)10(12)13/h3-6H,1-2H3,(H,12,13). The summed E-state index contributed by atoms with van der Waals surface area (Å²) in [6, 6.07) is 6.70. The first kappa shape index (κ1) is 9.45. The number of carboxylic acid groups (broad SMARTS) is 1. The number of para-hydroxylation sites is 1. The Morgan fingerprint density at radius 2 is 1.92 bits per heavy atom. The molecule has 3 nitrogen and oxygen atoms in total. The summed E-state index contributed by atoms with van der Waals surface area (Å²) in [6.07, 6.45) is 0. The maximum Gasteiger partial charge on any atom is 0.337 e. The number of carboxylic acids is 1. The minimum Gasteiger partial charge on any atom is -0.478 e. The van der Waals surface area contributed by atoms with Crippen molar-refractivity contribution in [2.24, 2.45) is 4.99 Å². The molecule has 0 aliphatic rings. The van der Waals surface area contributed by atoms with Gasteiger partial charge in [0.05, 0.1) is 11.3 Å². The number of benzene rings is 1. The summed E-state index contributed by atoms with van der Waals surface area (Å²) < 4.78 is 0. The molecule has 0 radical (unpaired) electrons. The summed E-state index contributed by atoms with van der Waals surface area (Å²) in [5.74, 6) is -0.944. The van der Waals surface area contributed by atoms with E-state index in [4.69, 9.17) is 5.11 Å². The van der Waals surface area contributed by atoms with Crippen molar-refractivity contribution in [3.63, 3.8) is 0 Å². The van der Waals surface area contributed by atoms with E-state index < -0.39 is 5.97 Å². The largest absolute Gasteiger partial charge is 0.478 e. The van der Waals surface area contributed by atoms with Crippen LogP contribution in [-0.4, -0.2) is 16.8 Å². The van der Waals surface area contributed by atoms with Gasteiger partial charge in [-0.15, -0.1) is 0 Å². The summed E-state index contributed by atoms with van der Waals surface area (Å²) >= 11 is 0. The number of hydrogen-bond acceptors (Lipinski definition) is 2. The molecular weight excluding hydrogens is 166 g/mol. The van der Waals surface area contributed by atoms with Crippen LogP contribution >= 0.6 is 0 Å². The molecule has 0 atom stereocenters. The molecule has 0 heterocycles. The van der Waals surface area contributed by atoms with Gasteiger partial charge in [0.25, 0.3) is 0 Å². The molecule has 0 saturated heterocycles. The number of hydrogen-bond donors (Lipinski definition) is 1. The van der Waals surface area contributed by atoms with Crippen molar-refractivity contribution >= 4 is 17.4 Å². The van der Waals surface area contributed by atoms with Crippen LogP contribution < -0.4 is 0 Å². The molecule has 68 valence electrons. The van der Waals surface area contributed by atoms with Crippen molar-refractivity contribution in [3.8, 4) is 0 Å². The number of carbonyl (C=O) groups is 1. The molecule has 1 rings (SSSR count).